The summed E-state index contributed by atoms with van der Waals surface area (Å²) in [6, 6.07) is 5.70. The third kappa shape index (κ3) is 2.48. The molecule has 1 saturated carbocycles. The number of hydrogen-bond donors (Lipinski definition) is 1. The normalized spacial score (nSPS) is 28.2. The van der Waals surface area contributed by atoms with E-state index < -0.39 is 11.6 Å². The smallest absolute Gasteiger partial charge is 0.221 e. The fourth-order valence-corrected chi connectivity index (χ4v) is 6.44. The van der Waals surface area contributed by atoms with E-state index in [9.17, 15) is 8.78 Å². The molecule has 3 heterocycles. The topological polar surface area (TPSA) is 79.8 Å². The molecule has 7 nitrogen and oxygen atoms in total. The molecule has 2 aliphatic carbocycles. The van der Waals surface area contributed by atoms with E-state index in [-0.39, 0.29) is 35.5 Å². The quantitative estimate of drug-likeness (QED) is 0.667. The minimum absolute atomic E-state index is 0. The lowest BCUT2D eigenvalue weighted by Gasteiger charge is -2.47. The number of anilines is 1. The number of nitrogens with zero attached hydrogens (tertiary/aromatic N) is 5. The van der Waals surface area contributed by atoms with Crippen LogP contribution in [-0.4, -0.2) is 51.2 Å². The van der Waals surface area contributed by atoms with Crippen molar-refractivity contribution in [1.82, 2.24) is 25.4 Å². The summed E-state index contributed by atoms with van der Waals surface area (Å²) < 4.78 is 35.2. The molecule has 1 N–H and O–H groups in total. The Morgan fingerprint density at radius 2 is 2.03 bits per heavy atom. The zero-order valence-electron chi connectivity index (χ0n) is 18.0. The largest absolute Gasteiger partial charge is 0.374 e. The van der Waals surface area contributed by atoms with Gasteiger partial charge in [-0.15, -0.1) is 0 Å². The molecule has 2 fully saturated rings. The van der Waals surface area contributed by atoms with Crippen LogP contribution < -0.4 is 4.90 Å². The summed E-state index contributed by atoms with van der Waals surface area (Å²) in [5.41, 5.74) is 1.60. The second-order valence-corrected chi connectivity index (χ2v) is 9.53. The summed E-state index contributed by atoms with van der Waals surface area (Å²) >= 11 is 0. The monoisotopic (exact) mass is 440 g/mol. The molecule has 32 heavy (non-hydrogen) atoms. The number of benzene rings is 1. The molecule has 2 bridgehead atoms. The van der Waals surface area contributed by atoms with E-state index in [1.807, 2.05) is 6.07 Å². The molecule has 1 saturated heterocycles. The summed E-state index contributed by atoms with van der Waals surface area (Å²) in [7, 11) is 0. The predicted octanol–water partition coefficient (Wildman–Crippen LogP) is 3.85. The average molecular weight is 440 g/mol. The molecule has 168 valence electrons. The van der Waals surface area contributed by atoms with E-state index in [2.05, 4.69) is 44.1 Å². The summed E-state index contributed by atoms with van der Waals surface area (Å²) in [5, 5.41) is 15.8. The van der Waals surface area contributed by atoms with Gasteiger partial charge in [-0.1, -0.05) is 19.9 Å². The molecule has 3 aromatic rings. The van der Waals surface area contributed by atoms with Crippen LogP contribution in [0.25, 0.3) is 11.3 Å². The number of ether oxygens (including phenoxy) is 1. The molecule has 3 atom stereocenters. The summed E-state index contributed by atoms with van der Waals surface area (Å²) in [5.74, 6) is -0.299. The van der Waals surface area contributed by atoms with Gasteiger partial charge in [-0.25, -0.2) is 13.9 Å². The van der Waals surface area contributed by atoms with Gasteiger partial charge in [0.1, 0.15) is 18.0 Å². The van der Waals surface area contributed by atoms with Gasteiger partial charge in [0.2, 0.25) is 5.95 Å². The van der Waals surface area contributed by atoms with Crippen molar-refractivity contribution >= 4 is 5.95 Å². The lowest BCUT2D eigenvalue weighted by Crippen LogP contribution is -2.56. The van der Waals surface area contributed by atoms with Crippen molar-refractivity contribution in [2.75, 3.05) is 24.6 Å². The van der Waals surface area contributed by atoms with Crippen molar-refractivity contribution < 1.29 is 14.9 Å². The summed E-state index contributed by atoms with van der Waals surface area (Å²) in [6.07, 6.45) is 3.32. The molecular weight excluding hydrogens is 414 g/mol. The molecule has 0 amide bonds. The van der Waals surface area contributed by atoms with Gasteiger partial charge in [0.25, 0.3) is 0 Å². The highest BCUT2D eigenvalue weighted by Gasteiger charge is 2.67. The first-order valence-corrected chi connectivity index (χ1v) is 11.0. The van der Waals surface area contributed by atoms with Crippen molar-refractivity contribution in [2.45, 2.75) is 44.1 Å². The van der Waals surface area contributed by atoms with Gasteiger partial charge in [0.05, 0.1) is 29.7 Å². The zero-order chi connectivity index (χ0) is 22.1. The number of fused-ring (bicyclic) bond motifs is 5. The van der Waals surface area contributed by atoms with Crippen LogP contribution in [0.5, 0.6) is 0 Å². The van der Waals surface area contributed by atoms with E-state index in [0.29, 0.717) is 13.2 Å². The third-order valence-electron chi connectivity index (χ3n) is 8.01. The van der Waals surface area contributed by atoms with Gasteiger partial charge < -0.3 is 9.64 Å². The van der Waals surface area contributed by atoms with Crippen LogP contribution in [0.1, 0.15) is 45.3 Å². The zero-order valence-corrected chi connectivity index (χ0v) is 18.0. The van der Waals surface area contributed by atoms with Gasteiger partial charge in [-0.3, -0.25) is 0 Å². The number of hydrogen-bond acceptors (Lipinski definition) is 6. The molecule has 9 heteroatoms. The maximum absolute atomic E-state index is 14.4. The van der Waals surface area contributed by atoms with Crippen molar-refractivity contribution in [2.24, 2.45) is 5.41 Å². The number of morpholine rings is 1. The van der Waals surface area contributed by atoms with Crippen molar-refractivity contribution in [3.8, 4) is 11.3 Å². The molecule has 0 spiro atoms. The van der Waals surface area contributed by atoms with Crippen LogP contribution in [0, 0.1) is 17.0 Å². The Labute approximate surface area is 185 Å². The SMILES string of the molecule is CC1(C)[C@H]2CC[C@]1([C@@H]1CN(c3ncn[nH]3)CCO1)c1nnc(-c3c(F)cccc3F)cc12.[HH]. The van der Waals surface area contributed by atoms with E-state index in [4.69, 9.17) is 4.74 Å². The number of H-pyrrole nitrogens is 1. The molecular formula is C23H26F2N6O. The Balaban J connectivity index is 0.00000228. The molecule has 1 aliphatic heterocycles. The number of aromatic nitrogens is 5. The lowest BCUT2D eigenvalue weighted by molar-refractivity contribution is -0.0469. The average Bonchev–Trinajstić information content (AvgIpc) is 3.45. The number of aromatic amines is 1. The van der Waals surface area contributed by atoms with Crippen molar-refractivity contribution in [1.29, 1.82) is 0 Å². The van der Waals surface area contributed by atoms with Crippen molar-refractivity contribution in [3.05, 3.63) is 53.5 Å². The van der Waals surface area contributed by atoms with Gasteiger partial charge >= 0.3 is 0 Å². The minimum Gasteiger partial charge on any atom is -0.374 e. The van der Waals surface area contributed by atoms with E-state index in [1.165, 1.54) is 24.5 Å². The number of halogens is 2. The van der Waals surface area contributed by atoms with Crippen LogP contribution in [0.3, 0.4) is 0 Å². The van der Waals surface area contributed by atoms with Crippen LogP contribution >= 0.6 is 0 Å². The maximum Gasteiger partial charge on any atom is 0.221 e. The van der Waals surface area contributed by atoms with Gasteiger partial charge in [0, 0.05) is 19.9 Å². The van der Waals surface area contributed by atoms with Crippen LogP contribution in [0.2, 0.25) is 0 Å². The third-order valence-corrected chi connectivity index (χ3v) is 8.01. The van der Waals surface area contributed by atoms with Crippen LogP contribution in [0.15, 0.2) is 30.6 Å². The summed E-state index contributed by atoms with van der Waals surface area (Å²) in [4.78, 5) is 6.47. The highest BCUT2D eigenvalue weighted by atomic mass is 19.1. The Hall–Kier alpha value is -2.94. The second-order valence-electron chi connectivity index (χ2n) is 9.53. The molecule has 0 unspecified atom stereocenters. The molecule has 0 radical (unpaired) electrons. The molecule has 2 aromatic heterocycles. The van der Waals surface area contributed by atoms with Crippen LogP contribution in [0.4, 0.5) is 14.7 Å². The first kappa shape index (κ1) is 19.7. The summed E-state index contributed by atoms with van der Waals surface area (Å²) in [6.45, 7) is 6.49. The molecule has 3 aliphatic rings. The first-order chi connectivity index (χ1) is 15.4. The van der Waals surface area contributed by atoms with Crippen molar-refractivity contribution in [3.63, 3.8) is 0 Å². The lowest BCUT2D eigenvalue weighted by atomic mass is 9.64. The Morgan fingerprint density at radius 1 is 1.22 bits per heavy atom. The fraction of sp³-hybridized carbons (Fsp3) is 0.478. The highest BCUT2D eigenvalue weighted by Crippen LogP contribution is 2.69. The predicted molar refractivity (Wildman–Crippen MR) is 115 cm³/mol. The Bertz CT molecular complexity index is 1170. The second kappa shape index (κ2) is 6.78. The molecule has 1 aromatic carbocycles. The first-order valence-electron chi connectivity index (χ1n) is 11.0. The standard InChI is InChI=1S/C23H24F2N6O.H2/c1-22(2)14-6-7-23(22,18-11-31(8-9-32-18)21-26-12-27-30-21)20-13(14)10-17(28-29-20)19-15(24)4-3-5-16(19)25;/h3-5,10,12,14,18H,6-9,11H2,1-2H3,(H,26,27,30);1H/t14-,18-,23-;/m0./s1. The minimum atomic E-state index is -0.630. The van der Waals surface area contributed by atoms with E-state index in [0.717, 1.165) is 36.6 Å². The van der Waals surface area contributed by atoms with E-state index >= 15 is 0 Å². The highest BCUT2D eigenvalue weighted by molar-refractivity contribution is 5.63. The maximum atomic E-state index is 14.4. The number of rotatable bonds is 3. The van der Waals surface area contributed by atoms with Crippen LogP contribution in [-0.2, 0) is 10.2 Å². The Morgan fingerprint density at radius 3 is 2.78 bits per heavy atom. The van der Waals surface area contributed by atoms with Gasteiger partial charge in [0.15, 0.2) is 0 Å². The van der Waals surface area contributed by atoms with Gasteiger partial charge in [-0.05, 0) is 47.9 Å². The fourth-order valence-electron chi connectivity index (χ4n) is 6.44. The Kier molecular flexibility index (Phi) is 4.18. The molecule has 6 rings (SSSR count). The van der Waals surface area contributed by atoms with E-state index in [1.54, 1.807) is 0 Å². The number of nitrogens with one attached hydrogen (secondary N) is 1. The van der Waals surface area contributed by atoms with Gasteiger partial charge in [-0.2, -0.15) is 20.3 Å².